The van der Waals surface area contributed by atoms with Crippen molar-refractivity contribution in [1.82, 2.24) is 0 Å². The van der Waals surface area contributed by atoms with Crippen LogP contribution in [0.5, 0.6) is 0 Å². The molecule has 2 unspecified atom stereocenters. The molecule has 120 valence electrons. The van der Waals surface area contributed by atoms with Crippen molar-refractivity contribution >= 4 is 27.2 Å². The molecular weight excluding hydrogens is 324 g/mol. The van der Waals surface area contributed by atoms with E-state index in [9.17, 15) is 23.3 Å². The van der Waals surface area contributed by atoms with Gasteiger partial charge in [-0.2, -0.15) is 0 Å². The van der Waals surface area contributed by atoms with E-state index in [2.05, 4.69) is 4.99 Å². The maximum Gasteiger partial charge on any atom is 0.433 e. The molecule has 0 bridgehead atoms. The normalized spacial score (nSPS) is 28.5. The average molecular weight is 336 g/mol. The highest BCUT2D eigenvalue weighted by Gasteiger charge is 2.50. The summed E-state index contributed by atoms with van der Waals surface area (Å²) in [5.74, 6) is -1.98. The van der Waals surface area contributed by atoms with Crippen LogP contribution in [0.2, 0.25) is 0 Å². The zero-order valence-electron chi connectivity index (χ0n) is 11.9. The lowest BCUT2D eigenvalue weighted by Gasteiger charge is -2.26. The molecule has 0 N–H and O–H groups in total. The molecule has 0 amide bonds. The van der Waals surface area contributed by atoms with Crippen molar-refractivity contribution < 1.29 is 22.6 Å². The van der Waals surface area contributed by atoms with Gasteiger partial charge in [0.1, 0.15) is 16.5 Å². The molecule has 4 rings (SSSR count). The van der Waals surface area contributed by atoms with Crippen LogP contribution in [0, 0.1) is 16.0 Å². The summed E-state index contributed by atoms with van der Waals surface area (Å²) in [6.45, 7) is 0. The van der Waals surface area contributed by atoms with Crippen molar-refractivity contribution in [3.05, 3.63) is 38.6 Å². The number of carbonyl (C=O) groups excluding carboxylic acids is 1. The molecule has 1 saturated carbocycles. The maximum atomic E-state index is 12.4. The lowest BCUT2D eigenvalue weighted by atomic mass is 9.84. The smallest absolute Gasteiger partial charge is 0.405 e. The topological polar surface area (TPSA) is 120 Å². The van der Waals surface area contributed by atoms with Crippen LogP contribution >= 0.6 is 0 Å². The first-order valence-corrected chi connectivity index (χ1v) is 8.84. The number of fused-ring (bicyclic) bond motifs is 1. The van der Waals surface area contributed by atoms with Gasteiger partial charge in [0.05, 0.1) is 34.3 Å². The molecule has 3 aliphatic rings. The zero-order chi connectivity index (χ0) is 16.4. The second kappa shape index (κ2) is 4.60. The fourth-order valence-electron chi connectivity index (χ4n) is 3.61. The van der Waals surface area contributed by atoms with Crippen molar-refractivity contribution in [2.45, 2.75) is 25.2 Å². The van der Waals surface area contributed by atoms with Gasteiger partial charge in [-0.3, -0.25) is 19.9 Å². The minimum atomic E-state index is -3.53. The molecule has 0 aromatic carbocycles. The van der Waals surface area contributed by atoms with E-state index in [4.69, 9.17) is 4.42 Å². The minimum absolute atomic E-state index is 0.0470. The van der Waals surface area contributed by atoms with Gasteiger partial charge in [0.2, 0.25) is 0 Å². The summed E-state index contributed by atoms with van der Waals surface area (Å²) < 4.78 is 30.0. The Bertz CT molecular complexity index is 907. The fraction of sp³-hybridized carbons (Fsp3) is 0.429. The van der Waals surface area contributed by atoms with Gasteiger partial charge in [-0.25, -0.2) is 8.42 Å². The summed E-state index contributed by atoms with van der Waals surface area (Å²) in [6.07, 6.45) is 1.12. The van der Waals surface area contributed by atoms with Gasteiger partial charge in [-0.1, -0.05) is 0 Å². The minimum Gasteiger partial charge on any atom is -0.405 e. The van der Waals surface area contributed by atoms with Crippen LogP contribution in [0.1, 0.15) is 30.9 Å². The zero-order valence-corrected chi connectivity index (χ0v) is 12.7. The molecule has 1 aromatic heterocycles. The number of nitrogens with zero attached hydrogens (tertiary/aromatic N) is 2. The highest BCUT2D eigenvalue weighted by molar-refractivity contribution is 7.95. The molecule has 2 aliphatic heterocycles. The third-order valence-electron chi connectivity index (χ3n) is 4.55. The van der Waals surface area contributed by atoms with E-state index in [1.807, 2.05) is 0 Å². The highest BCUT2D eigenvalue weighted by Crippen LogP contribution is 2.49. The summed E-state index contributed by atoms with van der Waals surface area (Å²) in [4.78, 5) is 26.9. The van der Waals surface area contributed by atoms with Crippen LogP contribution in [0.3, 0.4) is 0 Å². The molecule has 0 spiro atoms. The van der Waals surface area contributed by atoms with E-state index in [-0.39, 0.29) is 22.2 Å². The molecular formula is C14H12N2O6S. The molecule has 9 heteroatoms. The van der Waals surface area contributed by atoms with Crippen LogP contribution in [0.15, 0.2) is 32.1 Å². The number of allylic oxidation sites excluding steroid dienone is 2. The Morgan fingerprint density at radius 1 is 1.22 bits per heavy atom. The lowest BCUT2D eigenvalue weighted by molar-refractivity contribution is -0.402. The number of ketones is 1. The van der Waals surface area contributed by atoms with Crippen LogP contribution < -0.4 is 0 Å². The van der Waals surface area contributed by atoms with Gasteiger partial charge < -0.3 is 4.42 Å². The standard InChI is InChI=1S/C14H12N2O6S/c17-9-2-1-7-12(9)13(10-3-4-11(22-10)16(18)19)14-8(15-7)5-6-23(14,20)21/h3-4,12-13H,1-2,5-6H2. The van der Waals surface area contributed by atoms with Crippen LogP contribution in [-0.4, -0.2) is 30.6 Å². The predicted molar refractivity (Wildman–Crippen MR) is 78.7 cm³/mol. The Labute approximate surface area is 131 Å². The predicted octanol–water partition coefficient (Wildman–Crippen LogP) is 1.74. The van der Waals surface area contributed by atoms with E-state index >= 15 is 0 Å². The molecule has 2 atom stereocenters. The number of Topliss-reactive ketones (excluding diaryl/α,β-unsaturated/α-hetero) is 1. The fourth-order valence-corrected chi connectivity index (χ4v) is 5.43. The Kier molecular flexibility index (Phi) is 2.87. The van der Waals surface area contributed by atoms with E-state index in [1.54, 1.807) is 0 Å². The van der Waals surface area contributed by atoms with Crippen molar-refractivity contribution in [3.63, 3.8) is 0 Å². The Balaban J connectivity index is 1.91. The number of hydrogen-bond donors (Lipinski definition) is 0. The van der Waals surface area contributed by atoms with Gasteiger partial charge in [0.15, 0.2) is 9.84 Å². The van der Waals surface area contributed by atoms with Crippen molar-refractivity contribution in [3.8, 4) is 0 Å². The Hall–Kier alpha value is -2.29. The van der Waals surface area contributed by atoms with E-state index in [1.165, 1.54) is 12.1 Å². The number of aliphatic imine (C=N–C) groups is 1. The Morgan fingerprint density at radius 2 is 2.00 bits per heavy atom. The number of hydrogen-bond acceptors (Lipinski definition) is 7. The third-order valence-corrected chi connectivity index (χ3v) is 6.46. The van der Waals surface area contributed by atoms with Crippen LogP contribution in [0.4, 0.5) is 5.88 Å². The number of carbonyl (C=O) groups is 1. The van der Waals surface area contributed by atoms with Crippen molar-refractivity contribution in [1.29, 1.82) is 0 Å². The van der Waals surface area contributed by atoms with Crippen molar-refractivity contribution in [2.75, 3.05) is 5.75 Å². The number of nitro groups is 1. The van der Waals surface area contributed by atoms with Gasteiger partial charge in [-0.15, -0.1) is 0 Å². The quantitative estimate of drug-likeness (QED) is 0.599. The Morgan fingerprint density at radius 3 is 2.70 bits per heavy atom. The first-order valence-electron chi connectivity index (χ1n) is 7.18. The maximum absolute atomic E-state index is 12.4. The first-order chi connectivity index (χ1) is 10.9. The number of sulfone groups is 1. The summed E-state index contributed by atoms with van der Waals surface area (Å²) in [7, 11) is -3.53. The first kappa shape index (κ1) is 14.3. The summed E-state index contributed by atoms with van der Waals surface area (Å²) in [5, 5.41) is 10.8. The molecule has 0 radical (unpaired) electrons. The molecule has 1 aliphatic carbocycles. The molecule has 1 aromatic rings. The third kappa shape index (κ3) is 1.99. The van der Waals surface area contributed by atoms with Crippen LogP contribution in [-0.2, 0) is 14.6 Å². The average Bonchev–Trinajstić information content (AvgIpc) is 3.17. The molecule has 3 heterocycles. The monoisotopic (exact) mass is 336 g/mol. The summed E-state index contributed by atoms with van der Waals surface area (Å²) in [6, 6.07) is 2.57. The number of rotatable bonds is 2. The molecule has 1 fully saturated rings. The van der Waals surface area contributed by atoms with E-state index in [0.717, 1.165) is 0 Å². The SMILES string of the molecule is O=C1CCC2=NC3=C(C(c4ccc([N+](=O)[O-])o4)C12)S(=O)(=O)CC3. The van der Waals surface area contributed by atoms with Gasteiger partial charge >= 0.3 is 5.88 Å². The van der Waals surface area contributed by atoms with Crippen LogP contribution in [0.25, 0.3) is 0 Å². The number of furan rings is 1. The van der Waals surface area contributed by atoms with E-state index in [0.29, 0.717) is 30.7 Å². The summed E-state index contributed by atoms with van der Waals surface area (Å²) in [5.41, 5.74) is 1.13. The summed E-state index contributed by atoms with van der Waals surface area (Å²) >= 11 is 0. The van der Waals surface area contributed by atoms with E-state index < -0.39 is 32.5 Å². The highest BCUT2D eigenvalue weighted by atomic mass is 32.2. The molecule has 23 heavy (non-hydrogen) atoms. The lowest BCUT2D eigenvalue weighted by Crippen LogP contribution is -2.29. The van der Waals surface area contributed by atoms with Gasteiger partial charge in [0.25, 0.3) is 0 Å². The second-order valence-electron chi connectivity index (χ2n) is 5.84. The largest absolute Gasteiger partial charge is 0.433 e. The van der Waals surface area contributed by atoms with Crippen molar-refractivity contribution in [2.24, 2.45) is 10.9 Å². The molecule has 8 nitrogen and oxygen atoms in total. The van der Waals surface area contributed by atoms with Gasteiger partial charge in [-0.05, 0) is 12.5 Å². The molecule has 0 saturated heterocycles. The van der Waals surface area contributed by atoms with Gasteiger partial charge in [0, 0.05) is 18.6 Å². The second-order valence-corrected chi connectivity index (χ2v) is 7.92.